The number of hydrogen-bond acceptors (Lipinski definition) is 7. The molecule has 1 aliphatic rings. The summed E-state index contributed by atoms with van der Waals surface area (Å²) >= 11 is 8.26. The van der Waals surface area contributed by atoms with E-state index >= 15 is 0 Å². The van der Waals surface area contributed by atoms with Crippen molar-refractivity contribution < 1.29 is 9.53 Å². The minimum atomic E-state index is -0.0349. The highest BCUT2D eigenvalue weighted by Gasteiger charge is 2.27. The van der Waals surface area contributed by atoms with Crippen molar-refractivity contribution in [2.45, 2.75) is 25.4 Å². The van der Waals surface area contributed by atoms with Gasteiger partial charge in [-0.2, -0.15) is 0 Å². The molecule has 2 N–H and O–H groups in total. The van der Waals surface area contributed by atoms with Gasteiger partial charge in [-0.25, -0.2) is 9.97 Å². The van der Waals surface area contributed by atoms with Gasteiger partial charge in [-0.3, -0.25) is 9.69 Å². The van der Waals surface area contributed by atoms with E-state index in [1.165, 1.54) is 11.7 Å². The fraction of sp³-hybridized carbons (Fsp3) is 0.250. The summed E-state index contributed by atoms with van der Waals surface area (Å²) in [5, 5.41) is 10.2. The molecule has 4 heterocycles. The molecule has 1 aliphatic heterocycles. The molecule has 0 spiro atoms. The van der Waals surface area contributed by atoms with E-state index in [0.717, 1.165) is 46.6 Å². The molecule has 3 aromatic heterocycles. The molecule has 8 nitrogen and oxygen atoms in total. The quantitative estimate of drug-likeness (QED) is 0.247. The van der Waals surface area contributed by atoms with E-state index in [9.17, 15) is 4.79 Å². The van der Waals surface area contributed by atoms with Crippen molar-refractivity contribution in [1.29, 1.82) is 0 Å². The van der Waals surface area contributed by atoms with Crippen molar-refractivity contribution in [3.63, 3.8) is 0 Å². The van der Waals surface area contributed by atoms with Crippen LogP contribution < -0.4 is 15.4 Å². The lowest BCUT2D eigenvalue weighted by Crippen LogP contribution is -2.42. The zero-order valence-corrected chi connectivity index (χ0v) is 22.4. The average molecular weight is 547 g/mol. The number of halogens is 1. The SMILES string of the molecule is CN1CCCC1C(=O)NCCn1ccc2ncnc(Nc3ccc(Oc4ccc5ccsc5c4)c(Cl)c3)c21. The summed E-state index contributed by atoms with van der Waals surface area (Å²) in [4.78, 5) is 23.6. The van der Waals surface area contributed by atoms with Crippen molar-refractivity contribution >= 4 is 61.5 Å². The molecule has 1 atom stereocenters. The van der Waals surface area contributed by atoms with Crippen LogP contribution in [-0.4, -0.2) is 51.5 Å². The standard InChI is InChI=1S/C28H27ClN6O2S/c1-34-11-2-3-23(34)28(36)30-10-13-35-12-8-22-26(35)27(32-17-31-22)33-19-5-7-24(21(29)15-19)37-20-6-4-18-9-14-38-25(18)16-20/h4-9,12,14-17,23H,2-3,10-11,13H2,1H3,(H,30,36)(H,31,32,33). The number of thiophene rings is 1. The number of aromatic nitrogens is 3. The van der Waals surface area contributed by atoms with E-state index in [1.807, 2.05) is 55.7 Å². The van der Waals surface area contributed by atoms with Gasteiger partial charge in [-0.1, -0.05) is 11.6 Å². The van der Waals surface area contributed by atoms with Crippen molar-refractivity contribution in [2.75, 3.05) is 25.5 Å². The number of likely N-dealkylation sites (N-methyl/N-ethyl adjacent to an activating group) is 1. The topological polar surface area (TPSA) is 84.3 Å². The van der Waals surface area contributed by atoms with Crippen LogP contribution in [0.25, 0.3) is 21.1 Å². The van der Waals surface area contributed by atoms with Gasteiger partial charge >= 0.3 is 0 Å². The Balaban J connectivity index is 1.15. The fourth-order valence-corrected chi connectivity index (χ4v) is 5.93. The Bertz CT molecular complexity index is 1620. The van der Waals surface area contributed by atoms with Crippen LogP contribution in [0.1, 0.15) is 12.8 Å². The molecule has 194 valence electrons. The maximum absolute atomic E-state index is 12.6. The second-order valence-electron chi connectivity index (χ2n) is 9.39. The summed E-state index contributed by atoms with van der Waals surface area (Å²) in [5.41, 5.74) is 2.46. The maximum atomic E-state index is 12.6. The van der Waals surface area contributed by atoms with Crippen LogP contribution in [0, 0.1) is 0 Å². The molecule has 38 heavy (non-hydrogen) atoms. The molecule has 0 bridgehead atoms. The molecule has 10 heteroatoms. The number of nitrogens with one attached hydrogen (secondary N) is 2. The number of nitrogens with zero attached hydrogens (tertiary/aromatic N) is 4. The van der Waals surface area contributed by atoms with Crippen LogP contribution in [0.3, 0.4) is 0 Å². The number of hydrogen-bond donors (Lipinski definition) is 2. The third-order valence-electron chi connectivity index (χ3n) is 6.88. The van der Waals surface area contributed by atoms with Gasteiger partial charge in [0.2, 0.25) is 5.91 Å². The first kappa shape index (κ1) is 24.7. The first-order valence-electron chi connectivity index (χ1n) is 12.5. The molecule has 2 aromatic carbocycles. The number of ether oxygens (including phenoxy) is 1. The highest BCUT2D eigenvalue weighted by molar-refractivity contribution is 7.17. The summed E-state index contributed by atoms with van der Waals surface area (Å²) in [6.45, 7) is 2.10. The molecule has 5 aromatic rings. The third-order valence-corrected chi connectivity index (χ3v) is 8.05. The second kappa shape index (κ2) is 10.6. The predicted octanol–water partition coefficient (Wildman–Crippen LogP) is 6.05. The monoisotopic (exact) mass is 546 g/mol. The summed E-state index contributed by atoms with van der Waals surface area (Å²) in [5.74, 6) is 2.07. The number of carbonyl (C=O) groups is 1. The van der Waals surface area contributed by atoms with Gasteiger partial charge in [0.1, 0.15) is 23.3 Å². The molecule has 1 amide bonds. The van der Waals surface area contributed by atoms with Crippen molar-refractivity contribution in [2.24, 2.45) is 0 Å². The number of carbonyl (C=O) groups excluding carboxylic acids is 1. The smallest absolute Gasteiger partial charge is 0.237 e. The van der Waals surface area contributed by atoms with E-state index in [1.54, 1.807) is 11.3 Å². The Morgan fingerprint density at radius 3 is 2.95 bits per heavy atom. The third kappa shape index (κ3) is 5.05. The van der Waals surface area contributed by atoms with E-state index < -0.39 is 0 Å². The highest BCUT2D eigenvalue weighted by atomic mass is 35.5. The summed E-state index contributed by atoms with van der Waals surface area (Å²) in [7, 11) is 2.00. The average Bonchev–Trinajstić information content (AvgIpc) is 3.66. The molecular weight excluding hydrogens is 520 g/mol. The second-order valence-corrected chi connectivity index (χ2v) is 10.7. The number of anilines is 2. The minimum Gasteiger partial charge on any atom is -0.456 e. The van der Waals surface area contributed by atoms with Gasteiger partial charge in [0.15, 0.2) is 5.82 Å². The maximum Gasteiger partial charge on any atom is 0.237 e. The van der Waals surface area contributed by atoms with E-state index in [-0.39, 0.29) is 11.9 Å². The highest BCUT2D eigenvalue weighted by Crippen LogP contribution is 2.35. The number of amides is 1. The van der Waals surface area contributed by atoms with Crippen LogP contribution in [0.2, 0.25) is 5.02 Å². The zero-order chi connectivity index (χ0) is 26.1. The van der Waals surface area contributed by atoms with Gasteiger partial charge in [-0.15, -0.1) is 11.3 Å². The van der Waals surface area contributed by atoms with Gasteiger partial charge in [0.05, 0.1) is 16.6 Å². The fourth-order valence-electron chi connectivity index (χ4n) is 4.89. The van der Waals surface area contributed by atoms with E-state index in [4.69, 9.17) is 16.3 Å². The zero-order valence-electron chi connectivity index (χ0n) is 20.9. The molecule has 6 rings (SSSR count). The number of rotatable bonds is 8. The molecular formula is C28H27ClN6O2S. The molecule has 0 saturated carbocycles. The predicted molar refractivity (Wildman–Crippen MR) is 153 cm³/mol. The number of fused-ring (bicyclic) bond motifs is 2. The van der Waals surface area contributed by atoms with Crippen molar-refractivity contribution in [3.05, 3.63) is 71.5 Å². The Labute approximate surface area is 229 Å². The Kier molecular flexibility index (Phi) is 6.88. The van der Waals surface area contributed by atoms with Gasteiger partial charge in [-0.05, 0) is 85.7 Å². The van der Waals surface area contributed by atoms with E-state index in [2.05, 4.69) is 41.5 Å². The lowest BCUT2D eigenvalue weighted by atomic mass is 10.2. The molecule has 1 unspecified atom stereocenters. The molecule has 1 saturated heterocycles. The van der Waals surface area contributed by atoms with Crippen molar-refractivity contribution in [3.8, 4) is 11.5 Å². The van der Waals surface area contributed by atoms with E-state index in [0.29, 0.717) is 29.7 Å². The largest absolute Gasteiger partial charge is 0.456 e. The number of benzene rings is 2. The Morgan fingerprint density at radius 2 is 2.11 bits per heavy atom. The van der Waals surface area contributed by atoms with Gasteiger partial charge in [0.25, 0.3) is 0 Å². The van der Waals surface area contributed by atoms with Crippen LogP contribution in [0.5, 0.6) is 11.5 Å². The molecule has 0 radical (unpaired) electrons. The Hall–Kier alpha value is -3.66. The normalized spacial score (nSPS) is 15.8. The van der Waals surface area contributed by atoms with Gasteiger partial charge in [0, 0.05) is 29.7 Å². The first-order chi connectivity index (χ1) is 18.5. The number of likely N-dealkylation sites (tertiary alicyclic amines) is 1. The van der Waals surface area contributed by atoms with Crippen LogP contribution in [-0.2, 0) is 11.3 Å². The van der Waals surface area contributed by atoms with Crippen LogP contribution in [0.4, 0.5) is 11.5 Å². The molecule has 1 fully saturated rings. The van der Waals surface area contributed by atoms with Crippen LogP contribution in [0.15, 0.2) is 66.4 Å². The minimum absolute atomic E-state index is 0.0349. The van der Waals surface area contributed by atoms with Crippen molar-refractivity contribution in [1.82, 2.24) is 24.8 Å². The molecule has 0 aliphatic carbocycles. The lowest BCUT2D eigenvalue weighted by molar-refractivity contribution is -0.125. The Morgan fingerprint density at radius 1 is 1.18 bits per heavy atom. The first-order valence-corrected chi connectivity index (χ1v) is 13.8. The van der Waals surface area contributed by atoms with Crippen LogP contribution >= 0.6 is 22.9 Å². The summed E-state index contributed by atoms with van der Waals surface area (Å²) < 4.78 is 9.27. The lowest BCUT2D eigenvalue weighted by Gasteiger charge is -2.19. The van der Waals surface area contributed by atoms with Gasteiger partial charge < -0.3 is 19.9 Å². The summed E-state index contributed by atoms with van der Waals surface area (Å²) in [6, 6.07) is 15.6. The summed E-state index contributed by atoms with van der Waals surface area (Å²) in [6.07, 6.45) is 5.47.